The van der Waals surface area contributed by atoms with Crippen LogP contribution in [0.15, 0.2) is 60.8 Å². The zero-order valence-corrected chi connectivity index (χ0v) is 17.4. The molecule has 0 saturated heterocycles. The summed E-state index contributed by atoms with van der Waals surface area (Å²) in [5.74, 6) is 0.918. The molecule has 2 aromatic heterocycles. The molecule has 0 spiro atoms. The van der Waals surface area contributed by atoms with Crippen LogP contribution in [0.1, 0.15) is 11.1 Å². The molecule has 0 aliphatic rings. The van der Waals surface area contributed by atoms with Crippen LogP contribution in [0.25, 0.3) is 54.9 Å². The lowest BCUT2D eigenvalue weighted by atomic mass is 9.73. The van der Waals surface area contributed by atoms with Crippen LogP contribution in [0.3, 0.4) is 0 Å². The van der Waals surface area contributed by atoms with Crippen molar-refractivity contribution in [1.29, 1.82) is 0 Å². The van der Waals surface area contributed by atoms with Crippen molar-refractivity contribution in [3.63, 3.8) is 0 Å². The third-order valence-corrected chi connectivity index (χ3v) is 6.28. The summed E-state index contributed by atoms with van der Waals surface area (Å²) in [7, 11) is 1.02. The smallest absolute Gasteiger partial charge is 0.154 e. The van der Waals surface area contributed by atoms with Gasteiger partial charge in [0.25, 0.3) is 0 Å². The summed E-state index contributed by atoms with van der Waals surface area (Å²) in [6.07, 6.45) is 2.07. The first kappa shape index (κ1) is 17.3. The minimum absolute atomic E-state index is 0.918. The van der Waals surface area contributed by atoms with Crippen LogP contribution < -0.4 is 5.46 Å². The Hall–Kier alpha value is -3.53. The molecule has 0 aliphatic heterocycles. The van der Waals surface area contributed by atoms with Gasteiger partial charge in [-0.3, -0.25) is 0 Å². The molecule has 2 heterocycles. The number of benzene rings is 4. The van der Waals surface area contributed by atoms with E-state index in [1.807, 2.05) is 0 Å². The summed E-state index contributed by atoms with van der Waals surface area (Å²) in [5.41, 5.74) is 8.26. The van der Waals surface area contributed by atoms with Crippen LogP contribution >= 0.6 is 0 Å². The maximum absolute atomic E-state index is 5.13. The zero-order valence-electron chi connectivity index (χ0n) is 17.4. The molecule has 6 aromatic rings. The first-order chi connectivity index (χ1) is 14.6. The highest BCUT2D eigenvalue weighted by Gasteiger charge is 2.16. The molecule has 2 N–H and O–H groups in total. The Morgan fingerprint density at radius 3 is 2.27 bits per heavy atom. The van der Waals surface area contributed by atoms with Crippen molar-refractivity contribution in [1.82, 2.24) is 15.0 Å². The normalized spacial score (nSPS) is 11.8. The van der Waals surface area contributed by atoms with Crippen LogP contribution in [0.4, 0.5) is 0 Å². The summed E-state index contributed by atoms with van der Waals surface area (Å²) < 4.78 is 0. The fraction of sp³-hybridized carbons (Fsp3) is 0.115. The molecule has 0 radical (unpaired) electrons. The minimum atomic E-state index is 0.918. The van der Waals surface area contributed by atoms with Crippen molar-refractivity contribution in [2.75, 3.05) is 0 Å². The number of aryl methyl sites for hydroxylation is 2. The van der Waals surface area contributed by atoms with Crippen LogP contribution in [0.2, 0.25) is 6.82 Å². The summed E-state index contributed by atoms with van der Waals surface area (Å²) in [5, 5.41) is 6.18. The predicted octanol–water partition coefficient (Wildman–Crippen LogP) is 5.74. The quantitative estimate of drug-likeness (QED) is 0.289. The van der Waals surface area contributed by atoms with E-state index < -0.39 is 0 Å². The minimum Gasteiger partial charge on any atom is -0.360 e. The molecule has 0 unspecified atom stereocenters. The average Bonchev–Trinajstić information content (AvgIpc) is 3.37. The van der Waals surface area contributed by atoms with Crippen molar-refractivity contribution < 1.29 is 0 Å². The van der Waals surface area contributed by atoms with Gasteiger partial charge in [0, 0.05) is 33.4 Å². The number of hydrogen-bond donors (Lipinski definition) is 2. The largest absolute Gasteiger partial charge is 0.360 e. The molecule has 0 bridgehead atoms. The van der Waals surface area contributed by atoms with Gasteiger partial charge in [-0.05, 0) is 42.8 Å². The predicted molar refractivity (Wildman–Crippen MR) is 131 cm³/mol. The van der Waals surface area contributed by atoms with Crippen molar-refractivity contribution in [2.24, 2.45) is 0 Å². The SMILES string of the molecule is CBc1ccc2[nH]cc(-c3nc4c5cc(C)ccc5c5ccc(C)cc5c4[nH]3)c2c1. The Kier molecular flexibility index (Phi) is 3.60. The van der Waals surface area contributed by atoms with Gasteiger partial charge >= 0.3 is 0 Å². The van der Waals surface area contributed by atoms with E-state index in [2.05, 4.69) is 91.4 Å². The Morgan fingerprint density at radius 2 is 1.50 bits per heavy atom. The van der Waals surface area contributed by atoms with Gasteiger partial charge in [-0.2, -0.15) is 0 Å². The number of rotatable bonds is 2. The molecular formula is C26H22BN3. The first-order valence-electron chi connectivity index (χ1n) is 10.5. The number of aromatic nitrogens is 3. The Balaban J connectivity index is 1.74. The molecular weight excluding hydrogens is 365 g/mol. The number of nitrogens with zero attached hydrogens (tertiary/aromatic N) is 1. The number of hydrogen-bond acceptors (Lipinski definition) is 1. The molecule has 30 heavy (non-hydrogen) atoms. The Morgan fingerprint density at radius 1 is 0.767 bits per heavy atom. The van der Waals surface area contributed by atoms with Crippen LogP contribution in [-0.4, -0.2) is 22.2 Å². The van der Waals surface area contributed by atoms with Gasteiger partial charge in [-0.15, -0.1) is 0 Å². The fourth-order valence-electron chi connectivity index (χ4n) is 4.66. The van der Waals surface area contributed by atoms with Gasteiger partial charge in [0.2, 0.25) is 0 Å². The van der Waals surface area contributed by atoms with Crippen LogP contribution in [-0.2, 0) is 0 Å². The highest BCUT2D eigenvalue weighted by atomic mass is 14.9. The summed E-state index contributed by atoms with van der Waals surface area (Å²) >= 11 is 0. The fourth-order valence-corrected chi connectivity index (χ4v) is 4.66. The number of aromatic amines is 2. The number of imidazole rings is 1. The van der Waals surface area contributed by atoms with Crippen molar-refractivity contribution in [3.8, 4) is 11.4 Å². The standard InChI is InChI=1S/C26H22BN3/c1-14-4-7-17-18-8-5-15(2)11-21(18)25-24(20(17)10-14)29-26(30-25)22-13-28-23-9-6-16(27-3)12-19(22)23/h4-13,27-28H,1-3H3,(H,29,30). The van der Waals surface area contributed by atoms with Gasteiger partial charge < -0.3 is 9.97 Å². The van der Waals surface area contributed by atoms with Gasteiger partial charge in [0.15, 0.2) is 7.28 Å². The van der Waals surface area contributed by atoms with Gasteiger partial charge in [-0.25, -0.2) is 4.98 Å². The third kappa shape index (κ3) is 2.43. The zero-order chi connectivity index (χ0) is 20.4. The molecule has 4 aromatic carbocycles. The summed E-state index contributed by atoms with van der Waals surface area (Å²) in [4.78, 5) is 12.2. The summed E-state index contributed by atoms with van der Waals surface area (Å²) in [6, 6.07) is 20.0. The lowest BCUT2D eigenvalue weighted by Gasteiger charge is -2.08. The topological polar surface area (TPSA) is 44.5 Å². The van der Waals surface area contributed by atoms with Gasteiger partial charge in [0.05, 0.1) is 11.0 Å². The third-order valence-electron chi connectivity index (χ3n) is 6.28. The maximum atomic E-state index is 5.13. The second-order valence-corrected chi connectivity index (χ2v) is 8.34. The van der Waals surface area contributed by atoms with E-state index in [-0.39, 0.29) is 0 Å². The highest BCUT2D eigenvalue weighted by Crippen LogP contribution is 2.37. The van der Waals surface area contributed by atoms with Gasteiger partial charge in [0.1, 0.15) is 5.82 Å². The van der Waals surface area contributed by atoms with E-state index in [1.165, 1.54) is 43.5 Å². The first-order valence-corrected chi connectivity index (χ1v) is 10.5. The molecule has 144 valence electrons. The summed E-state index contributed by atoms with van der Waals surface area (Å²) in [6.45, 7) is 6.48. The molecule has 0 atom stereocenters. The second kappa shape index (κ2) is 6.23. The number of nitrogens with one attached hydrogen (secondary N) is 2. The van der Waals surface area contributed by atoms with E-state index in [9.17, 15) is 0 Å². The van der Waals surface area contributed by atoms with E-state index in [1.54, 1.807) is 0 Å². The van der Waals surface area contributed by atoms with E-state index in [4.69, 9.17) is 4.98 Å². The van der Waals surface area contributed by atoms with Gasteiger partial charge in [-0.1, -0.05) is 59.8 Å². The molecule has 0 aliphatic carbocycles. The second-order valence-electron chi connectivity index (χ2n) is 8.34. The number of fused-ring (bicyclic) bond motifs is 7. The monoisotopic (exact) mass is 387 g/mol. The molecule has 6 rings (SSSR count). The van der Waals surface area contributed by atoms with E-state index in [0.29, 0.717) is 0 Å². The lowest BCUT2D eigenvalue weighted by molar-refractivity contribution is 1.34. The molecule has 0 saturated carbocycles. The van der Waals surface area contributed by atoms with E-state index in [0.717, 1.165) is 35.2 Å². The lowest BCUT2D eigenvalue weighted by Crippen LogP contribution is -2.08. The molecule has 0 fully saturated rings. The van der Waals surface area contributed by atoms with E-state index >= 15 is 0 Å². The number of H-pyrrole nitrogens is 2. The Bertz CT molecular complexity index is 1520. The van der Waals surface area contributed by atoms with Crippen molar-refractivity contribution in [2.45, 2.75) is 20.7 Å². The van der Waals surface area contributed by atoms with Crippen LogP contribution in [0, 0.1) is 13.8 Å². The van der Waals surface area contributed by atoms with Crippen molar-refractivity contribution >= 4 is 56.2 Å². The maximum Gasteiger partial charge on any atom is 0.154 e. The highest BCUT2D eigenvalue weighted by molar-refractivity contribution is 6.52. The molecule has 0 amide bonds. The van der Waals surface area contributed by atoms with Crippen LogP contribution in [0.5, 0.6) is 0 Å². The molecule has 3 nitrogen and oxygen atoms in total. The van der Waals surface area contributed by atoms with Crippen molar-refractivity contribution in [3.05, 3.63) is 71.9 Å². The molecule has 4 heteroatoms. The Labute approximate surface area is 175 Å². The average molecular weight is 387 g/mol.